The summed E-state index contributed by atoms with van der Waals surface area (Å²) in [7, 11) is -2.12. The molecule has 0 atom stereocenters. The van der Waals surface area contributed by atoms with Gasteiger partial charge in [0, 0.05) is 6.08 Å². The van der Waals surface area contributed by atoms with Crippen LogP contribution in [-0.2, 0) is 9.53 Å². The van der Waals surface area contributed by atoms with Crippen molar-refractivity contribution in [1.82, 2.24) is 0 Å². The monoisotopic (exact) mass is 410 g/mol. The van der Waals surface area contributed by atoms with Crippen molar-refractivity contribution in [2.24, 2.45) is 0 Å². The van der Waals surface area contributed by atoms with E-state index in [1.807, 2.05) is 68.4 Å². The van der Waals surface area contributed by atoms with Crippen LogP contribution in [0.4, 0.5) is 0 Å². The quantitative estimate of drug-likeness (QED) is 0.349. The average molecular weight is 411 g/mol. The van der Waals surface area contributed by atoms with Gasteiger partial charge in [-0.15, -0.1) is 0 Å². The zero-order valence-electron chi connectivity index (χ0n) is 16.1. The van der Waals surface area contributed by atoms with Crippen LogP contribution in [0, 0.1) is 0 Å². The number of esters is 1. The van der Waals surface area contributed by atoms with E-state index in [0.717, 1.165) is 5.57 Å². The molecule has 3 rings (SSSR count). The van der Waals surface area contributed by atoms with Gasteiger partial charge in [0.25, 0.3) is 0 Å². The molecule has 0 saturated heterocycles. The van der Waals surface area contributed by atoms with Gasteiger partial charge in [0.05, 0.1) is 0 Å². The van der Waals surface area contributed by atoms with E-state index < -0.39 is 7.26 Å². The second-order valence-corrected chi connectivity index (χ2v) is 10.1. The highest BCUT2D eigenvalue weighted by molar-refractivity contribution is 7.95. The Hall–Kier alpha value is -2.41. The molecular formula is C24H24ClO2P. The zero-order chi connectivity index (χ0) is 19.1. The molecule has 144 valence electrons. The van der Waals surface area contributed by atoms with Gasteiger partial charge in [-0.05, 0) is 50.2 Å². The molecule has 3 aromatic carbocycles. The molecule has 0 aliphatic heterocycles. The van der Waals surface area contributed by atoms with Crippen LogP contribution in [0.25, 0.3) is 0 Å². The van der Waals surface area contributed by atoms with Gasteiger partial charge >= 0.3 is 5.97 Å². The van der Waals surface area contributed by atoms with Gasteiger partial charge in [0.15, 0.2) is 7.26 Å². The largest absolute Gasteiger partial charge is 1.00 e. The third-order valence-corrected chi connectivity index (χ3v) is 8.45. The molecule has 0 aliphatic rings. The van der Waals surface area contributed by atoms with Gasteiger partial charge in [-0.25, -0.2) is 4.79 Å². The summed E-state index contributed by atoms with van der Waals surface area (Å²) in [6.07, 6.45) is 1.89. The Labute approximate surface area is 174 Å². The Morgan fingerprint density at radius 3 is 1.43 bits per heavy atom. The third-order valence-electron chi connectivity index (χ3n) is 4.40. The van der Waals surface area contributed by atoms with Gasteiger partial charge in [-0.3, -0.25) is 0 Å². The minimum atomic E-state index is -2.12. The van der Waals surface area contributed by atoms with E-state index >= 15 is 0 Å². The summed E-state index contributed by atoms with van der Waals surface area (Å²) in [4.78, 5) is 12.3. The molecule has 0 amide bonds. The first-order valence-corrected chi connectivity index (χ1v) is 11.0. The molecule has 0 aromatic heterocycles. The molecule has 0 bridgehead atoms. The first kappa shape index (κ1) is 21.9. The van der Waals surface area contributed by atoms with E-state index in [0.29, 0.717) is 6.35 Å². The Morgan fingerprint density at radius 1 is 0.750 bits per heavy atom. The minimum Gasteiger partial charge on any atom is -1.00 e. The first-order valence-electron chi connectivity index (χ1n) is 8.99. The maximum absolute atomic E-state index is 12.3. The van der Waals surface area contributed by atoms with E-state index in [2.05, 4.69) is 36.4 Å². The second kappa shape index (κ2) is 10.2. The van der Waals surface area contributed by atoms with Crippen molar-refractivity contribution in [2.75, 3.05) is 6.35 Å². The van der Waals surface area contributed by atoms with Crippen LogP contribution in [0.5, 0.6) is 0 Å². The number of halogens is 1. The molecule has 0 aliphatic carbocycles. The average Bonchev–Trinajstić information content (AvgIpc) is 2.70. The predicted molar refractivity (Wildman–Crippen MR) is 116 cm³/mol. The minimum absolute atomic E-state index is 0. The normalized spacial score (nSPS) is 10.5. The molecule has 0 unspecified atom stereocenters. The third kappa shape index (κ3) is 4.90. The predicted octanol–water partition coefficient (Wildman–Crippen LogP) is 1.45. The number of carbonyl (C=O) groups is 1. The Morgan fingerprint density at radius 2 is 1.11 bits per heavy atom. The van der Waals surface area contributed by atoms with Crippen molar-refractivity contribution in [2.45, 2.75) is 13.8 Å². The van der Waals surface area contributed by atoms with Gasteiger partial charge < -0.3 is 17.1 Å². The van der Waals surface area contributed by atoms with Crippen LogP contribution in [0.2, 0.25) is 0 Å². The second-order valence-electron chi connectivity index (χ2n) is 6.63. The lowest BCUT2D eigenvalue weighted by Gasteiger charge is -2.26. The fourth-order valence-electron chi connectivity index (χ4n) is 3.16. The molecule has 4 heteroatoms. The summed E-state index contributed by atoms with van der Waals surface area (Å²) in [5.41, 5.74) is 0.933. The smallest absolute Gasteiger partial charge is 0.333 e. The standard InChI is InChI=1S/C24H24O2P.ClH/c1-20(2)18-24(25)26-19-27(21-12-6-3-7-13-21,22-14-8-4-9-15-22)23-16-10-5-11-17-23;/h3-18H,19H2,1-2H3;1H/q+1;/p-1. The van der Waals surface area contributed by atoms with Crippen molar-refractivity contribution in [1.29, 1.82) is 0 Å². The van der Waals surface area contributed by atoms with Crippen LogP contribution in [0.3, 0.4) is 0 Å². The number of rotatable bonds is 6. The van der Waals surface area contributed by atoms with E-state index in [-0.39, 0.29) is 18.4 Å². The number of allylic oxidation sites excluding steroid dienone is 1. The van der Waals surface area contributed by atoms with Crippen LogP contribution < -0.4 is 28.3 Å². The van der Waals surface area contributed by atoms with Crippen LogP contribution in [0.1, 0.15) is 13.8 Å². The van der Waals surface area contributed by atoms with E-state index in [1.165, 1.54) is 15.9 Å². The maximum Gasteiger partial charge on any atom is 0.333 e. The molecule has 0 heterocycles. The lowest BCUT2D eigenvalue weighted by molar-refractivity contribution is -0.135. The highest BCUT2D eigenvalue weighted by Crippen LogP contribution is 2.55. The van der Waals surface area contributed by atoms with Crippen LogP contribution in [-0.4, -0.2) is 12.3 Å². The molecular weight excluding hydrogens is 387 g/mol. The molecule has 0 fully saturated rings. The maximum atomic E-state index is 12.3. The molecule has 28 heavy (non-hydrogen) atoms. The van der Waals surface area contributed by atoms with Crippen LogP contribution in [0.15, 0.2) is 103 Å². The highest BCUT2D eigenvalue weighted by Gasteiger charge is 2.46. The van der Waals surface area contributed by atoms with Gasteiger partial charge in [-0.1, -0.05) is 60.2 Å². The lowest BCUT2D eigenvalue weighted by atomic mass is 10.3. The van der Waals surface area contributed by atoms with Crippen molar-refractivity contribution in [3.63, 3.8) is 0 Å². The first-order chi connectivity index (χ1) is 13.1. The summed E-state index contributed by atoms with van der Waals surface area (Å²) >= 11 is 0. The molecule has 2 nitrogen and oxygen atoms in total. The van der Waals surface area contributed by atoms with Crippen molar-refractivity contribution < 1.29 is 21.9 Å². The van der Waals surface area contributed by atoms with Gasteiger partial charge in [0.1, 0.15) is 15.9 Å². The molecule has 0 saturated carbocycles. The molecule has 0 spiro atoms. The molecule has 0 N–H and O–H groups in total. The van der Waals surface area contributed by atoms with E-state index in [1.54, 1.807) is 6.08 Å². The summed E-state index contributed by atoms with van der Waals surface area (Å²) in [6.45, 7) is 3.80. The summed E-state index contributed by atoms with van der Waals surface area (Å²) in [5, 5.41) is 3.60. The lowest BCUT2D eigenvalue weighted by Crippen LogP contribution is -3.00. The highest BCUT2D eigenvalue weighted by atomic mass is 35.5. The van der Waals surface area contributed by atoms with Crippen molar-refractivity contribution >= 4 is 29.1 Å². The van der Waals surface area contributed by atoms with E-state index in [4.69, 9.17) is 4.74 Å². The van der Waals surface area contributed by atoms with Gasteiger partial charge in [-0.2, -0.15) is 0 Å². The SMILES string of the molecule is CC(C)=CC(=O)OC[P+](c1ccccc1)(c1ccccc1)c1ccccc1.[Cl-]. The number of hydrogen-bond donors (Lipinski definition) is 0. The van der Waals surface area contributed by atoms with Crippen molar-refractivity contribution in [3.8, 4) is 0 Å². The van der Waals surface area contributed by atoms with Crippen molar-refractivity contribution in [3.05, 3.63) is 103 Å². The summed E-state index contributed by atoms with van der Waals surface area (Å²) in [5.74, 6) is -0.290. The Kier molecular flexibility index (Phi) is 7.99. The molecule has 3 aromatic rings. The fourth-order valence-corrected chi connectivity index (χ4v) is 6.86. The summed E-state index contributed by atoms with van der Waals surface area (Å²) in [6, 6.07) is 31.2. The number of carbonyl (C=O) groups excluding carboxylic acids is 1. The molecule has 0 radical (unpaired) electrons. The number of benzene rings is 3. The van der Waals surface area contributed by atoms with E-state index in [9.17, 15) is 4.79 Å². The number of ether oxygens (including phenoxy) is 1. The Balaban J connectivity index is 0.00000280. The zero-order valence-corrected chi connectivity index (χ0v) is 17.7. The summed E-state index contributed by atoms with van der Waals surface area (Å²) < 4.78 is 5.82. The fraction of sp³-hybridized carbons (Fsp3) is 0.125. The topological polar surface area (TPSA) is 26.3 Å². The number of hydrogen-bond acceptors (Lipinski definition) is 2. The Bertz CT molecular complexity index is 808. The van der Waals surface area contributed by atoms with Crippen LogP contribution >= 0.6 is 7.26 Å². The van der Waals surface area contributed by atoms with Gasteiger partial charge in [0.2, 0.25) is 6.35 Å².